The highest BCUT2D eigenvalue weighted by Crippen LogP contribution is 2.47. The molecule has 0 amide bonds. The van der Waals surface area contributed by atoms with Crippen LogP contribution in [0.15, 0.2) is 111 Å². The van der Waals surface area contributed by atoms with Crippen molar-refractivity contribution in [3.8, 4) is 28.4 Å². The Kier molecular flexibility index (Phi) is 7.71. The molecule has 1 N–H and O–H groups in total. The summed E-state index contributed by atoms with van der Waals surface area (Å²) in [6.07, 6.45) is 0. The van der Waals surface area contributed by atoms with Gasteiger partial charge < -0.3 is 14.6 Å². The van der Waals surface area contributed by atoms with E-state index in [4.69, 9.17) is 9.47 Å². The third-order valence-electron chi connectivity index (χ3n) is 8.10. The monoisotopic (exact) mass is 640 g/mol. The molecule has 0 atom stereocenters. The van der Waals surface area contributed by atoms with E-state index in [1.54, 1.807) is 64.1 Å². The molecule has 0 aliphatic carbocycles. The van der Waals surface area contributed by atoms with Crippen LogP contribution < -0.4 is 9.47 Å². The SMILES string of the molecule is Cc1cc(S(=O)(=O)c2c(C)cc(-c3ccc(S(=O)(=O)c4ccccc4)c4c3OCc3ccccc3CO4)cc2C)cc(C)c1O. The second-order valence-electron chi connectivity index (χ2n) is 11.3. The number of fused-ring (bicyclic) bond motifs is 2. The number of hydrogen-bond donors (Lipinski definition) is 1. The number of aryl methyl sites for hydroxylation is 4. The second kappa shape index (κ2) is 11.4. The van der Waals surface area contributed by atoms with E-state index in [0.717, 1.165) is 11.1 Å². The summed E-state index contributed by atoms with van der Waals surface area (Å²) in [5.41, 5.74) is 5.01. The van der Waals surface area contributed by atoms with E-state index in [0.29, 0.717) is 33.4 Å². The summed E-state index contributed by atoms with van der Waals surface area (Å²) in [5, 5.41) is 10.2. The van der Waals surface area contributed by atoms with Gasteiger partial charge in [0.2, 0.25) is 19.7 Å². The van der Waals surface area contributed by atoms with Gasteiger partial charge in [0.05, 0.1) is 14.7 Å². The molecule has 9 heteroatoms. The van der Waals surface area contributed by atoms with Crippen molar-refractivity contribution in [2.24, 2.45) is 0 Å². The van der Waals surface area contributed by atoms with Gasteiger partial charge in [-0.15, -0.1) is 0 Å². The van der Waals surface area contributed by atoms with E-state index in [-0.39, 0.29) is 50.0 Å². The van der Waals surface area contributed by atoms with Crippen LogP contribution in [0.4, 0.5) is 0 Å². The first-order valence-electron chi connectivity index (χ1n) is 14.4. The molecule has 5 aromatic rings. The van der Waals surface area contributed by atoms with Crippen LogP contribution in [0, 0.1) is 27.7 Å². The van der Waals surface area contributed by atoms with Gasteiger partial charge in [-0.2, -0.15) is 0 Å². The standard InChI is InChI=1S/C36H32O7S2/c1-22-18-30(19-23(2)33(22)37)45(40,41)36-24(3)16-28(17-25(36)4)31-14-15-32(44(38,39)29-12-6-5-7-13-29)35-34(31)42-20-26-10-8-9-11-27(26)21-43-35/h5-19,37H,20-21H2,1-4H3. The molecule has 45 heavy (non-hydrogen) atoms. The van der Waals surface area contributed by atoms with Crippen molar-refractivity contribution in [2.75, 3.05) is 0 Å². The van der Waals surface area contributed by atoms with E-state index < -0.39 is 19.7 Å². The zero-order valence-electron chi connectivity index (χ0n) is 25.3. The summed E-state index contributed by atoms with van der Waals surface area (Å²) in [6.45, 7) is 7.14. The molecule has 0 fully saturated rings. The highest BCUT2D eigenvalue weighted by Gasteiger charge is 2.30. The number of ether oxygens (including phenoxy) is 2. The van der Waals surface area contributed by atoms with Gasteiger partial charge in [0, 0.05) is 5.56 Å². The summed E-state index contributed by atoms with van der Waals surface area (Å²) in [4.78, 5) is 0.391. The van der Waals surface area contributed by atoms with E-state index in [9.17, 15) is 21.9 Å². The third-order valence-corrected chi connectivity index (χ3v) is 11.9. The molecule has 6 rings (SSSR count). The van der Waals surface area contributed by atoms with Crippen molar-refractivity contribution in [3.05, 3.63) is 124 Å². The lowest BCUT2D eigenvalue weighted by molar-refractivity contribution is 0.233. The predicted molar refractivity (Wildman–Crippen MR) is 171 cm³/mol. The van der Waals surface area contributed by atoms with Gasteiger partial charge >= 0.3 is 0 Å². The largest absolute Gasteiger partial charge is 0.507 e. The van der Waals surface area contributed by atoms with Gasteiger partial charge in [0.1, 0.15) is 23.9 Å². The molecule has 230 valence electrons. The molecular weight excluding hydrogens is 609 g/mol. The van der Waals surface area contributed by atoms with Gasteiger partial charge in [-0.1, -0.05) is 42.5 Å². The van der Waals surface area contributed by atoms with Crippen LogP contribution in [0.5, 0.6) is 17.2 Å². The molecule has 0 aromatic heterocycles. The van der Waals surface area contributed by atoms with Crippen LogP contribution in [0.1, 0.15) is 33.4 Å². The molecule has 0 radical (unpaired) electrons. The Morgan fingerprint density at radius 1 is 0.578 bits per heavy atom. The maximum atomic E-state index is 13.9. The molecule has 1 aliphatic heterocycles. The zero-order chi connectivity index (χ0) is 32.1. The third kappa shape index (κ3) is 5.36. The van der Waals surface area contributed by atoms with Crippen LogP contribution >= 0.6 is 0 Å². The van der Waals surface area contributed by atoms with E-state index in [1.807, 2.05) is 24.3 Å². The topological polar surface area (TPSA) is 107 Å². The number of rotatable bonds is 5. The molecule has 1 heterocycles. The lowest BCUT2D eigenvalue weighted by atomic mass is 9.99. The number of hydrogen-bond acceptors (Lipinski definition) is 7. The Balaban J connectivity index is 1.52. The van der Waals surface area contributed by atoms with Crippen molar-refractivity contribution in [3.63, 3.8) is 0 Å². The zero-order valence-corrected chi connectivity index (χ0v) is 26.9. The number of sulfone groups is 2. The fraction of sp³-hybridized carbons (Fsp3) is 0.167. The normalized spacial score (nSPS) is 13.1. The number of benzene rings is 5. The fourth-order valence-electron chi connectivity index (χ4n) is 5.85. The van der Waals surface area contributed by atoms with Crippen LogP contribution in [0.2, 0.25) is 0 Å². The summed E-state index contributed by atoms with van der Waals surface area (Å²) in [7, 11) is -7.90. The molecule has 7 nitrogen and oxygen atoms in total. The molecule has 1 aliphatic rings. The van der Waals surface area contributed by atoms with E-state index in [1.165, 1.54) is 30.3 Å². The lowest BCUT2D eigenvalue weighted by Crippen LogP contribution is -2.13. The van der Waals surface area contributed by atoms with Gasteiger partial charge in [-0.05, 0) is 115 Å². The van der Waals surface area contributed by atoms with Gasteiger partial charge in [0.15, 0.2) is 11.5 Å². The lowest BCUT2D eigenvalue weighted by Gasteiger charge is -2.24. The average Bonchev–Trinajstić information content (AvgIpc) is 3.00. The summed E-state index contributed by atoms with van der Waals surface area (Å²) in [5.74, 6) is 0.436. The molecular formula is C36H32O7S2. The Bertz CT molecular complexity index is 2140. The highest BCUT2D eigenvalue weighted by molar-refractivity contribution is 7.92. The number of phenolic OH excluding ortho intramolecular Hbond substituents is 1. The minimum absolute atomic E-state index is 0.0162. The molecule has 5 aromatic carbocycles. The maximum absolute atomic E-state index is 13.9. The summed E-state index contributed by atoms with van der Waals surface area (Å²) < 4.78 is 68.1. The second-order valence-corrected chi connectivity index (χ2v) is 15.1. The summed E-state index contributed by atoms with van der Waals surface area (Å²) >= 11 is 0. The van der Waals surface area contributed by atoms with Crippen LogP contribution in [-0.2, 0) is 32.9 Å². The van der Waals surface area contributed by atoms with E-state index >= 15 is 0 Å². The minimum Gasteiger partial charge on any atom is -0.507 e. The fourth-order valence-corrected chi connectivity index (χ4v) is 9.13. The highest BCUT2D eigenvalue weighted by atomic mass is 32.2. The smallest absolute Gasteiger partial charge is 0.210 e. The first-order valence-corrected chi connectivity index (χ1v) is 17.3. The Labute approximate surface area is 263 Å². The van der Waals surface area contributed by atoms with Crippen molar-refractivity contribution in [2.45, 2.75) is 60.5 Å². The van der Waals surface area contributed by atoms with Crippen LogP contribution in [0.3, 0.4) is 0 Å². The van der Waals surface area contributed by atoms with Crippen molar-refractivity contribution in [1.82, 2.24) is 0 Å². The van der Waals surface area contributed by atoms with Crippen LogP contribution in [0.25, 0.3) is 11.1 Å². The Morgan fingerprint density at radius 3 is 1.69 bits per heavy atom. The molecule has 0 spiro atoms. The number of aromatic hydroxyl groups is 1. The van der Waals surface area contributed by atoms with Crippen molar-refractivity contribution >= 4 is 19.7 Å². The van der Waals surface area contributed by atoms with Gasteiger partial charge in [-0.3, -0.25) is 0 Å². The van der Waals surface area contributed by atoms with Crippen molar-refractivity contribution in [1.29, 1.82) is 0 Å². The average molecular weight is 641 g/mol. The Morgan fingerprint density at radius 2 is 1.11 bits per heavy atom. The molecule has 0 unspecified atom stereocenters. The predicted octanol–water partition coefficient (Wildman–Crippen LogP) is 7.43. The molecule has 0 saturated carbocycles. The molecule has 0 saturated heterocycles. The summed E-state index contributed by atoms with van der Waals surface area (Å²) in [6, 6.07) is 25.5. The van der Waals surface area contributed by atoms with Crippen LogP contribution in [-0.4, -0.2) is 21.9 Å². The molecule has 0 bridgehead atoms. The van der Waals surface area contributed by atoms with Gasteiger partial charge in [0.25, 0.3) is 0 Å². The number of phenols is 1. The first-order chi connectivity index (χ1) is 21.4. The maximum Gasteiger partial charge on any atom is 0.210 e. The Hall–Kier alpha value is -4.60. The minimum atomic E-state index is -3.97. The van der Waals surface area contributed by atoms with Crippen molar-refractivity contribution < 1.29 is 31.4 Å². The quantitative estimate of drug-likeness (QED) is 0.213. The first kappa shape index (κ1) is 30.4. The van der Waals surface area contributed by atoms with Gasteiger partial charge in [-0.25, -0.2) is 16.8 Å². The van der Waals surface area contributed by atoms with E-state index in [2.05, 4.69) is 0 Å².